The highest BCUT2D eigenvalue weighted by atomic mass is 15.3. The van der Waals surface area contributed by atoms with Crippen LogP contribution < -0.4 is 11.1 Å². The van der Waals surface area contributed by atoms with Crippen molar-refractivity contribution in [3.8, 4) is 0 Å². The van der Waals surface area contributed by atoms with Crippen molar-refractivity contribution in [3.05, 3.63) is 24.0 Å². The molecule has 2 heterocycles. The van der Waals surface area contributed by atoms with Crippen molar-refractivity contribution < 1.29 is 0 Å². The minimum atomic E-state index is -0.144. The molecule has 0 radical (unpaired) electrons. The van der Waals surface area contributed by atoms with E-state index < -0.39 is 0 Å². The van der Waals surface area contributed by atoms with Crippen LogP contribution in [0.15, 0.2) is 12.4 Å². The summed E-state index contributed by atoms with van der Waals surface area (Å²) in [7, 11) is 1.83. The highest BCUT2D eigenvalue weighted by Gasteiger charge is 2.18. The molecule has 0 saturated carbocycles. The van der Waals surface area contributed by atoms with Crippen LogP contribution in [-0.4, -0.2) is 24.7 Å². The van der Waals surface area contributed by atoms with E-state index in [1.165, 1.54) is 0 Å². The third-order valence-electron chi connectivity index (χ3n) is 2.49. The van der Waals surface area contributed by atoms with Crippen LogP contribution in [0, 0.1) is 0 Å². The molecule has 0 fully saturated rings. The maximum Gasteiger partial charge on any atom is 0.169 e. The third-order valence-corrected chi connectivity index (χ3v) is 2.49. The quantitative estimate of drug-likeness (QED) is 0.859. The van der Waals surface area contributed by atoms with Gasteiger partial charge in [0.2, 0.25) is 0 Å². The standard InChI is InChI=1S/C12H19N7/c1-12(2,3)11-16-8(13)5-9(17-11)14-6-10-15-7-19(4)18-10/h5,7H,6H2,1-4H3,(H3,13,14,16,17). The minimum absolute atomic E-state index is 0.144. The molecule has 19 heavy (non-hydrogen) atoms. The maximum atomic E-state index is 5.80. The molecular formula is C12H19N7. The average molecular weight is 261 g/mol. The van der Waals surface area contributed by atoms with Gasteiger partial charge >= 0.3 is 0 Å². The van der Waals surface area contributed by atoms with Gasteiger partial charge in [0.25, 0.3) is 0 Å². The highest BCUT2D eigenvalue weighted by molar-refractivity contribution is 5.45. The summed E-state index contributed by atoms with van der Waals surface area (Å²) < 4.78 is 1.66. The van der Waals surface area contributed by atoms with E-state index >= 15 is 0 Å². The van der Waals surface area contributed by atoms with E-state index in [9.17, 15) is 0 Å². The van der Waals surface area contributed by atoms with Crippen molar-refractivity contribution in [2.75, 3.05) is 11.1 Å². The zero-order valence-electron chi connectivity index (χ0n) is 11.7. The number of nitrogen functional groups attached to an aromatic ring is 1. The molecule has 3 N–H and O–H groups in total. The SMILES string of the molecule is Cn1cnc(CNc2cc(N)nc(C(C)(C)C)n2)n1. The van der Waals surface area contributed by atoms with Crippen LogP contribution in [0.4, 0.5) is 11.6 Å². The average Bonchev–Trinajstić information content (AvgIpc) is 2.71. The summed E-state index contributed by atoms with van der Waals surface area (Å²) in [5.74, 6) is 2.56. The molecule has 0 unspecified atom stereocenters. The Labute approximate surface area is 112 Å². The van der Waals surface area contributed by atoms with Crippen molar-refractivity contribution in [3.63, 3.8) is 0 Å². The largest absolute Gasteiger partial charge is 0.384 e. The van der Waals surface area contributed by atoms with E-state index in [1.54, 1.807) is 17.1 Å². The normalized spacial score (nSPS) is 11.6. The van der Waals surface area contributed by atoms with Crippen molar-refractivity contribution >= 4 is 11.6 Å². The first-order valence-corrected chi connectivity index (χ1v) is 6.08. The van der Waals surface area contributed by atoms with Crippen LogP contribution in [0.1, 0.15) is 32.4 Å². The second-order valence-corrected chi connectivity index (χ2v) is 5.44. The van der Waals surface area contributed by atoms with Crippen LogP contribution >= 0.6 is 0 Å². The predicted octanol–water partition coefficient (Wildman–Crippen LogP) is 1.10. The summed E-state index contributed by atoms with van der Waals surface area (Å²) in [5, 5.41) is 7.35. The summed E-state index contributed by atoms with van der Waals surface area (Å²) in [6, 6.07) is 1.71. The summed E-state index contributed by atoms with van der Waals surface area (Å²) in [4.78, 5) is 12.9. The Kier molecular flexibility index (Phi) is 3.37. The van der Waals surface area contributed by atoms with Gasteiger partial charge in [0.15, 0.2) is 5.82 Å². The Morgan fingerprint density at radius 3 is 2.63 bits per heavy atom. The number of aryl methyl sites for hydroxylation is 1. The predicted molar refractivity (Wildman–Crippen MR) is 73.5 cm³/mol. The van der Waals surface area contributed by atoms with E-state index in [2.05, 4.69) is 25.4 Å². The number of nitrogens with two attached hydrogens (primary N) is 1. The van der Waals surface area contributed by atoms with Gasteiger partial charge in [-0.2, -0.15) is 5.10 Å². The van der Waals surface area contributed by atoms with Crippen LogP contribution in [0.2, 0.25) is 0 Å². The van der Waals surface area contributed by atoms with Crippen molar-refractivity contribution in [2.24, 2.45) is 7.05 Å². The number of aromatic nitrogens is 5. The van der Waals surface area contributed by atoms with Crippen LogP contribution in [0.3, 0.4) is 0 Å². The molecule has 0 aliphatic rings. The zero-order chi connectivity index (χ0) is 14.0. The Morgan fingerprint density at radius 1 is 1.32 bits per heavy atom. The summed E-state index contributed by atoms with van der Waals surface area (Å²) >= 11 is 0. The zero-order valence-corrected chi connectivity index (χ0v) is 11.7. The van der Waals surface area contributed by atoms with E-state index in [-0.39, 0.29) is 5.41 Å². The molecule has 7 nitrogen and oxygen atoms in total. The molecule has 0 aliphatic carbocycles. The summed E-state index contributed by atoms with van der Waals surface area (Å²) in [6.07, 6.45) is 1.66. The fraction of sp³-hybridized carbons (Fsp3) is 0.500. The Bertz CT molecular complexity index is 568. The molecule has 0 bridgehead atoms. The van der Waals surface area contributed by atoms with Gasteiger partial charge in [-0.3, -0.25) is 4.68 Å². The van der Waals surface area contributed by atoms with Crippen molar-refractivity contribution in [1.82, 2.24) is 24.7 Å². The highest BCUT2D eigenvalue weighted by Crippen LogP contribution is 2.21. The molecule has 0 aromatic carbocycles. The van der Waals surface area contributed by atoms with Gasteiger partial charge in [-0.15, -0.1) is 0 Å². The Morgan fingerprint density at radius 2 is 2.05 bits per heavy atom. The van der Waals surface area contributed by atoms with Crippen LogP contribution in [0.5, 0.6) is 0 Å². The van der Waals surface area contributed by atoms with Crippen molar-refractivity contribution in [1.29, 1.82) is 0 Å². The first-order valence-electron chi connectivity index (χ1n) is 6.08. The van der Waals surface area contributed by atoms with E-state index in [4.69, 9.17) is 5.73 Å². The monoisotopic (exact) mass is 261 g/mol. The summed E-state index contributed by atoms with van der Waals surface area (Å²) in [5.41, 5.74) is 5.66. The fourth-order valence-electron chi connectivity index (χ4n) is 1.53. The van der Waals surface area contributed by atoms with Gasteiger partial charge in [0.1, 0.15) is 23.8 Å². The molecule has 2 aromatic heterocycles. The lowest BCUT2D eigenvalue weighted by Gasteiger charge is -2.17. The van der Waals surface area contributed by atoms with Crippen molar-refractivity contribution in [2.45, 2.75) is 32.7 Å². The van der Waals surface area contributed by atoms with Gasteiger partial charge in [-0.1, -0.05) is 20.8 Å². The number of rotatable bonds is 3. The van der Waals surface area contributed by atoms with E-state index in [1.807, 2.05) is 27.8 Å². The number of nitrogens with one attached hydrogen (secondary N) is 1. The third kappa shape index (κ3) is 3.40. The molecule has 2 aromatic rings. The molecule has 0 saturated heterocycles. The second-order valence-electron chi connectivity index (χ2n) is 5.44. The lowest BCUT2D eigenvalue weighted by molar-refractivity contribution is 0.547. The minimum Gasteiger partial charge on any atom is -0.384 e. The Balaban J connectivity index is 2.14. The van der Waals surface area contributed by atoms with E-state index in [0.29, 0.717) is 29.8 Å². The van der Waals surface area contributed by atoms with Gasteiger partial charge in [-0.25, -0.2) is 15.0 Å². The van der Waals surface area contributed by atoms with Crippen LogP contribution in [-0.2, 0) is 19.0 Å². The molecule has 0 aliphatic heterocycles. The first-order chi connectivity index (χ1) is 8.84. The van der Waals surface area contributed by atoms with Gasteiger partial charge < -0.3 is 11.1 Å². The Hall–Kier alpha value is -2.18. The smallest absolute Gasteiger partial charge is 0.169 e. The molecule has 7 heteroatoms. The maximum absolute atomic E-state index is 5.80. The summed E-state index contributed by atoms with van der Waals surface area (Å²) in [6.45, 7) is 6.64. The lowest BCUT2D eigenvalue weighted by atomic mass is 9.96. The van der Waals surface area contributed by atoms with Crippen LogP contribution in [0.25, 0.3) is 0 Å². The molecule has 102 valence electrons. The van der Waals surface area contributed by atoms with E-state index in [0.717, 1.165) is 0 Å². The number of hydrogen-bond donors (Lipinski definition) is 2. The number of hydrogen-bond acceptors (Lipinski definition) is 6. The molecule has 0 spiro atoms. The first kappa shape index (κ1) is 13.3. The molecule has 0 amide bonds. The molecular weight excluding hydrogens is 242 g/mol. The van der Waals surface area contributed by atoms with Gasteiger partial charge in [0, 0.05) is 18.5 Å². The number of anilines is 2. The van der Waals surface area contributed by atoms with Gasteiger partial charge in [0.05, 0.1) is 6.54 Å². The number of nitrogens with zero attached hydrogens (tertiary/aromatic N) is 5. The fourth-order valence-corrected chi connectivity index (χ4v) is 1.53. The van der Waals surface area contributed by atoms with Gasteiger partial charge in [-0.05, 0) is 0 Å². The molecule has 0 atom stereocenters. The topological polar surface area (TPSA) is 94.5 Å². The second kappa shape index (κ2) is 4.83. The lowest BCUT2D eigenvalue weighted by Crippen LogP contribution is -2.18. The molecule has 2 rings (SSSR count).